The average Bonchev–Trinajstić information content (AvgIpc) is 2.61. The molecule has 0 atom stereocenters. The van der Waals surface area contributed by atoms with E-state index in [2.05, 4.69) is 0 Å². The average molecular weight is 216 g/mol. The Balaban J connectivity index is 2.32. The van der Waals surface area contributed by atoms with Crippen LogP contribution in [0.25, 0.3) is 0 Å². The van der Waals surface area contributed by atoms with Crippen molar-refractivity contribution < 1.29 is 14.5 Å². The molecule has 4 heteroatoms. The molecule has 4 nitrogen and oxygen atoms in total. The van der Waals surface area contributed by atoms with Gasteiger partial charge < -0.3 is 9.90 Å². The molecule has 1 heterocycles. The van der Waals surface area contributed by atoms with Crippen molar-refractivity contribution in [3.05, 3.63) is 54.1 Å². The number of hydrogen-bond donors (Lipinski definition) is 0. The highest BCUT2D eigenvalue weighted by molar-refractivity contribution is 5.79. The van der Waals surface area contributed by atoms with Gasteiger partial charge in [-0.25, -0.2) is 9.13 Å². The number of carboxylic acid groups (broad SMARTS) is 1. The Morgan fingerprint density at radius 3 is 2.69 bits per heavy atom. The predicted molar refractivity (Wildman–Crippen MR) is 55.5 cm³/mol. The van der Waals surface area contributed by atoms with Gasteiger partial charge in [-0.1, -0.05) is 30.3 Å². The number of aromatic carboxylic acids is 1. The molecule has 0 saturated carbocycles. The lowest BCUT2D eigenvalue weighted by atomic mass is 10.2. The lowest BCUT2D eigenvalue weighted by Crippen LogP contribution is -2.41. The Labute approximate surface area is 93.4 Å². The zero-order valence-electron chi connectivity index (χ0n) is 8.96. The van der Waals surface area contributed by atoms with Crippen LogP contribution in [0.1, 0.15) is 16.2 Å². The van der Waals surface area contributed by atoms with Gasteiger partial charge in [-0.15, -0.1) is 0 Å². The van der Waals surface area contributed by atoms with Crippen LogP contribution in [-0.2, 0) is 13.6 Å². The molecule has 1 aromatic carbocycles. The molecule has 0 saturated heterocycles. The number of rotatable bonds is 3. The third-order valence-electron chi connectivity index (χ3n) is 2.45. The molecule has 2 rings (SSSR count). The van der Waals surface area contributed by atoms with Gasteiger partial charge in [-0.05, 0) is 5.56 Å². The molecule has 0 aliphatic carbocycles. The van der Waals surface area contributed by atoms with E-state index in [9.17, 15) is 9.90 Å². The molecule has 0 unspecified atom stereocenters. The maximum atomic E-state index is 10.9. The first kappa shape index (κ1) is 10.4. The fourth-order valence-electron chi connectivity index (χ4n) is 1.69. The second-order valence-electron chi connectivity index (χ2n) is 3.63. The quantitative estimate of drug-likeness (QED) is 0.663. The van der Waals surface area contributed by atoms with Crippen molar-refractivity contribution in [3.63, 3.8) is 0 Å². The van der Waals surface area contributed by atoms with Crippen LogP contribution in [0.3, 0.4) is 0 Å². The zero-order chi connectivity index (χ0) is 11.5. The molecule has 0 amide bonds. The van der Waals surface area contributed by atoms with E-state index in [1.807, 2.05) is 30.3 Å². The van der Waals surface area contributed by atoms with Gasteiger partial charge in [0.05, 0.1) is 7.05 Å². The van der Waals surface area contributed by atoms with E-state index in [1.54, 1.807) is 24.0 Å². The molecule has 16 heavy (non-hydrogen) atoms. The van der Waals surface area contributed by atoms with Crippen LogP contribution in [0.15, 0.2) is 42.7 Å². The van der Waals surface area contributed by atoms with Crippen molar-refractivity contribution >= 4 is 5.97 Å². The highest BCUT2D eigenvalue weighted by Gasteiger charge is 2.15. The maximum absolute atomic E-state index is 10.9. The SMILES string of the molecule is C[n+]1ccn(Cc2ccccc2)c1C(=O)[O-]. The fraction of sp³-hybridized carbons (Fsp3) is 0.167. The highest BCUT2D eigenvalue weighted by Crippen LogP contribution is 2.03. The number of imidazole rings is 1. The summed E-state index contributed by atoms with van der Waals surface area (Å²) in [5.41, 5.74) is 1.06. The van der Waals surface area contributed by atoms with E-state index in [1.165, 1.54) is 4.57 Å². The van der Waals surface area contributed by atoms with Crippen LogP contribution in [0.4, 0.5) is 0 Å². The monoisotopic (exact) mass is 216 g/mol. The predicted octanol–water partition coefficient (Wildman–Crippen LogP) is -0.276. The summed E-state index contributed by atoms with van der Waals surface area (Å²) >= 11 is 0. The van der Waals surface area contributed by atoms with Gasteiger partial charge in [0.15, 0.2) is 5.97 Å². The number of nitrogens with zero attached hydrogens (tertiary/aromatic N) is 2. The molecule has 0 N–H and O–H groups in total. The second kappa shape index (κ2) is 4.18. The highest BCUT2D eigenvalue weighted by atomic mass is 16.4. The smallest absolute Gasteiger partial charge is 0.304 e. The first-order valence-electron chi connectivity index (χ1n) is 4.98. The van der Waals surface area contributed by atoms with E-state index in [0.717, 1.165) is 5.56 Å². The number of carbonyl (C=O) groups is 1. The summed E-state index contributed by atoms with van der Waals surface area (Å²) in [6.07, 6.45) is 3.44. The number of hydrogen-bond acceptors (Lipinski definition) is 2. The Kier molecular flexibility index (Phi) is 2.72. The first-order valence-corrected chi connectivity index (χ1v) is 4.98. The van der Waals surface area contributed by atoms with Crippen LogP contribution < -0.4 is 9.67 Å². The van der Waals surface area contributed by atoms with E-state index in [-0.39, 0.29) is 5.82 Å². The van der Waals surface area contributed by atoms with Crippen molar-refractivity contribution in [1.82, 2.24) is 4.57 Å². The third-order valence-corrected chi connectivity index (χ3v) is 2.45. The molecule has 82 valence electrons. The van der Waals surface area contributed by atoms with Crippen LogP contribution >= 0.6 is 0 Å². The van der Waals surface area contributed by atoms with Crippen LogP contribution in [0.5, 0.6) is 0 Å². The van der Waals surface area contributed by atoms with Crippen molar-refractivity contribution in [2.45, 2.75) is 6.54 Å². The minimum Gasteiger partial charge on any atom is -0.538 e. The maximum Gasteiger partial charge on any atom is 0.304 e. The van der Waals surface area contributed by atoms with Gasteiger partial charge in [0.25, 0.3) is 0 Å². The van der Waals surface area contributed by atoms with E-state index in [4.69, 9.17) is 0 Å². The Hall–Kier alpha value is -2.10. The van der Waals surface area contributed by atoms with Crippen molar-refractivity contribution in [2.24, 2.45) is 7.05 Å². The topological polar surface area (TPSA) is 48.9 Å². The first-order chi connectivity index (χ1) is 7.68. The Bertz CT molecular complexity index is 503. The summed E-state index contributed by atoms with van der Waals surface area (Å²) in [5, 5.41) is 10.9. The van der Waals surface area contributed by atoms with E-state index < -0.39 is 5.97 Å². The summed E-state index contributed by atoms with van der Waals surface area (Å²) in [5.74, 6) is -0.993. The molecule has 2 aromatic rings. The summed E-state index contributed by atoms with van der Waals surface area (Å²) in [4.78, 5) is 10.9. The number of aromatic nitrogens is 2. The molecule has 0 aliphatic rings. The summed E-state index contributed by atoms with van der Waals surface area (Å²) in [6.45, 7) is 0.533. The minimum absolute atomic E-state index is 0.170. The Morgan fingerprint density at radius 2 is 2.06 bits per heavy atom. The summed E-state index contributed by atoms with van der Waals surface area (Å²) < 4.78 is 3.20. The van der Waals surface area contributed by atoms with Gasteiger partial charge in [0, 0.05) is 0 Å². The lowest BCUT2D eigenvalue weighted by molar-refractivity contribution is -0.675. The van der Waals surface area contributed by atoms with Crippen LogP contribution in [-0.4, -0.2) is 10.5 Å². The molecular weight excluding hydrogens is 204 g/mol. The molecule has 1 aromatic heterocycles. The minimum atomic E-state index is -1.16. The molecule has 0 spiro atoms. The van der Waals surface area contributed by atoms with Crippen molar-refractivity contribution in [2.75, 3.05) is 0 Å². The number of aryl methyl sites for hydroxylation is 1. The van der Waals surface area contributed by atoms with Crippen LogP contribution in [0.2, 0.25) is 0 Å². The van der Waals surface area contributed by atoms with Crippen molar-refractivity contribution in [1.29, 1.82) is 0 Å². The number of carboxylic acids is 1. The van der Waals surface area contributed by atoms with Gasteiger partial charge >= 0.3 is 5.82 Å². The van der Waals surface area contributed by atoms with E-state index in [0.29, 0.717) is 6.54 Å². The largest absolute Gasteiger partial charge is 0.538 e. The van der Waals surface area contributed by atoms with Gasteiger partial charge in [0.1, 0.15) is 18.9 Å². The van der Waals surface area contributed by atoms with Gasteiger partial charge in [-0.3, -0.25) is 0 Å². The fourth-order valence-corrected chi connectivity index (χ4v) is 1.69. The Morgan fingerprint density at radius 1 is 1.38 bits per heavy atom. The molecule has 0 aliphatic heterocycles. The van der Waals surface area contributed by atoms with Crippen molar-refractivity contribution in [3.8, 4) is 0 Å². The summed E-state index contributed by atoms with van der Waals surface area (Å²) in [7, 11) is 1.69. The standard InChI is InChI=1S/C12H12N2O2/c1-13-7-8-14(11(13)12(15)16)9-10-5-3-2-4-6-10/h2-8H,9H2,1H3. The molecule has 0 bridgehead atoms. The third kappa shape index (κ3) is 1.95. The number of carbonyl (C=O) groups excluding carboxylic acids is 1. The zero-order valence-corrected chi connectivity index (χ0v) is 8.96. The van der Waals surface area contributed by atoms with Gasteiger partial charge in [0.2, 0.25) is 0 Å². The van der Waals surface area contributed by atoms with Crippen LogP contribution in [0, 0.1) is 0 Å². The number of benzene rings is 1. The van der Waals surface area contributed by atoms with Gasteiger partial charge in [-0.2, -0.15) is 0 Å². The van der Waals surface area contributed by atoms with E-state index >= 15 is 0 Å². The normalized spacial score (nSPS) is 10.3. The molecular formula is C12H12N2O2. The summed E-state index contributed by atoms with van der Waals surface area (Å²) in [6, 6.07) is 9.70. The second-order valence-corrected chi connectivity index (χ2v) is 3.63. The lowest BCUT2D eigenvalue weighted by Gasteiger charge is -2.03. The molecule has 0 radical (unpaired) electrons. The molecule has 0 fully saturated rings.